The standard InChI is InChI=1S/C18H19N3O4.Na.H/c1-19-11-8-12(20-2)15(21-3)18-14(11)16(24)10-6-4-5-9(7-13(22)23)17(10)25-18;;/h4-6,8,19-21H,7H2,1-3H3,(H,22,23);;. The van der Waals surface area contributed by atoms with Gasteiger partial charge in [-0.05, 0) is 12.1 Å². The molecular weight excluding hydrogens is 345 g/mol. The molecule has 0 aliphatic rings. The summed E-state index contributed by atoms with van der Waals surface area (Å²) in [6, 6.07) is 6.81. The monoisotopic (exact) mass is 365 g/mol. The summed E-state index contributed by atoms with van der Waals surface area (Å²) in [6.07, 6.45) is -0.217. The number of nitrogens with one attached hydrogen (secondary N) is 3. The topological polar surface area (TPSA) is 104 Å². The summed E-state index contributed by atoms with van der Waals surface area (Å²) >= 11 is 0. The number of rotatable bonds is 5. The minimum atomic E-state index is -0.982. The van der Waals surface area contributed by atoms with Gasteiger partial charge in [-0.2, -0.15) is 0 Å². The fourth-order valence-corrected chi connectivity index (χ4v) is 3.05. The van der Waals surface area contributed by atoms with Gasteiger partial charge in [0.2, 0.25) is 5.43 Å². The van der Waals surface area contributed by atoms with Gasteiger partial charge in [-0.15, -0.1) is 0 Å². The fraction of sp³-hybridized carbons (Fsp3) is 0.222. The normalized spacial score (nSPS) is 10.4. The predicted molar refractivity (Wildman–Crippen MR) is 107 cm³/mol. The molecule has 0 saturated carbocycles. The number of benzene rings is 2. The summed E-state index contributed by atoms with van der Waals surface area (Å²) in [5.74, 6) is -0.982. The zero-order valence-corrected chi connectivity index (χ0v) is 14.2. The summed E-state index contributed by atoms with van der Waals surface area (Å²) in [6.45, 7) is 0. The average Bonchev–Trinajstić information content (AvgIpc) is 2.60. The Labute approximate surface area is 172 Å². The summed E-state index contributed by atoms with van der Waals surface area (Å²) in [5, 5.41) is 19.1. The maximum absolute atomic E-state index is 13.1. The molecule has 0 saturated heterocycles. The van der Waals surface area contributed by atoms with Crippen LogP contribution in [0.3, 0.4) is 0 Å². The summed E-state index contributed by atoms with van der Waals surface area (Å²) in [4.78, 5) is 24.2. The third-order valence-electron chi connectivity index (χ3n) is 4.18. The Morgan fingerprint density at radius 3 is 2.35 bits per heavy atom. The predicted octanol–water partition coefficient (Wildman–Crippen LogP) is 2.05. The van der Waals surface area contributed by atoms with Crippen LogP contribution in [-0.2, 0) is 11.2 Å². The second-order valence-electron chi connectivity index (χ2n) is 5.60. The quantitative estimate of drug-likeness (QED) is 0.405. The number of aliphatic carboxylic acids is 1. The van der Waals surface area contributed by atoms with Crippen LogP contribution in [0.1, 0.15) is 5.56 Å². The molecule has 8 heteroatoms. The van der Waals surface area contributed by atoms with E-state index in [1.54, 1.807) is 39.3 Å². The maximum atomic E-state index is 13.1. The molecule has 26 heavy (non-hydrogen) atoms. The van der Waals surface area contributed by atoms with Gasteiger partial charge >= 0.3 is 35.5 Å². The summed E-state index contributed by atoms with van der Waals surface area (Å²) < 4.78 is 6.06. The van der Waals surface area contributed by atoms with Gasteiger partial charge in [-0.25, -0.2) is 0 Å². The number of carboxylic acids is 1. The average molecular weight is 365 g/mol. The third-order valence-corrected chi connectivity index (χ3v) is 4.18. The zero-order chi connectivity index (χ0) is 18.1. The fourth-order valence-electron chi connectivity index (χ4n) is 3.05. The minimum absolute atomic E-state index is 0. The Bertz CT molecular complexity index is 1050. The van der Waals surface area contributed by atoms with E-state index >= 15 is 0 Å². The Morgan fingerprint density at radius 2 is 1.77 bits per heavy atom. The first-order valence-electron chi connectivity index (χ1n) is 7.82. The summed E-state index contributed by atoms with van der Waals surface area (Å²) in [7, 11) is 5.25. The van der Waals surface area contributed by atoms with Gasteiger partial charge < -0.3 is 25.5 Å². The van der Waals surface area contributed by atoms with Crippen LogP contribution in [0.15, 0.2) is 33.5 Å². The van der Waals surface area contributed by atoms with Crippen LogP contribution in [0.4, 0.5) is 17.1 Å². The van der Waals surface area contributed by atoms with Gasteiger partial charge in [0.15, 0.2) is 5.58 Å². The molecule has 7 nitrogen and oxygen atoms in total. The first kappa shape index (κ1) is 20.1. The van der Waals surface area contributed by atoms with E-state index in [4.69, 9.17) is 9.52 Å². The van der Waals surface area contributed by atoms with Crippen molar-refractivity contribution in [2.75, 3.05) is 37.1 Å². The number of carboxylic acid groups (broad SMARTS) is 1. The molecule has 4 N–H and O–H groups in total. The molecule has 2 aromatic carbocycles. The van der Waals surface area contributed by atoms with E-state index in [-0.39, 0.29) is 41.4 Å². The van der Waals surface area contributed by atoms with Gasteiger partial charge in [0.1, 0.15) is 11.3 Å². The molecule has 0 amide bonds. The van der Waals surface area contributed by atoms with Gasteiger partial charge in [0, 0.05) is 26.7 Å². The van der Waals surface area contributed by atoms with E-state index in [0.717, 1.165) is 5.69 Å². The molecule has 0 unspecified atom stereocenters. The second kappa shape index (κ2) is 7.99. The number of para-hydroxylation sites is 1. The van der Waals surface area contributed by atoms with Crippen molar-refractivity contribution in [3.8, 4) is 0 Å². The van der Waals surface area contributed by atoms with E-state index in [1.165, 1.54) is 0 Å². The Morgan fingerprint density at radius 1 is 1.08 bits per heavy atom. The van der Waals surface area contributed by atoms with Crippen molar-refractivity contribution < 1.29 is 14.3 Å². The summed E-state index contributed by atoms with van der Waals surface area (Å²) in [5.41, 5.74) is 2.98. The van der Waals surface area contributed by atoms with Crippen LogP contribution < -0.4 is 21.4 Å². The molecule has 0 radical (unpaired) electrons. The molecule has 1 aromatic heterocycles. The van der Waals surface area contributed by atoms with Crippen molar-refractivity contribution in [1.29, 1.82) is 0 Å². The van der Waals surface area contributed by atoms with Crippen molar-refractivity contribution in [1.82, 2.24) is 0 Å². The van der Waals surface area contributed by atoms with E-state index in [9.17, 15) is 9.59 Å². The molecule has 3 aromatic rings. The van der Waals surface area contributed by atoms with Crippen LogP contribution in [0.2, 0.25) is 0 Å². The number of carbonyl (C=O) groups is 1. The van der Waals surface area contributed by atoms with Gasteiger partial charge in [0.25, 0.3) is 0 Å². The van der Waals surface area contributed by atoms with E-state index in [1.807, 2.05) is 6.07 Å². The second-order valence-corrected chi connectivity index (χ2v) is 5.60. The molecule has 0 fully saturated rings. The Kier molecular flexibility index (Phi) is 6.17. The number of hydrogen-bond acceptors (Lipinski definition) is 6. The molecule has 3 rings (SSSR count). The Balaban J connectivity index is 0.00000243. The first-order chi connectivity index (χ1) is 12.0. The first-order valence-corrected chi connectivity index (χ1v) is 7.82. The molecule has 0 spiro atoms. The van der Waals surface area contributed by atoms with Gasteiger partial charge in [-0.3, -0.25) is 9.59 Å². The van der Waals surface area contributed by atoms with Crippen LogP contribution in [0, 0.1) is 0 Å². The van der Waals surface area contributed by atoms with Crippen LogP contribution in [-0.4, -0.2) is 61.8 Å². The van der Waals surface area contributed by atoms with Gasteiger partial charge in [-0.1, -0.05) is 12.1 Å². The third kappa shape index (κ3) is 3.25. The molecule has 0 aliphatic heterocycles. The molecular formula is C18H20N3NaO4. The number of anilines is 3. The Hall–Kier alpha value is -2.22. The molecule has 1 heterocycles. The molecule has 132 valence electrons. The van der Waals surface area contributed by atoms with E-state index < -0.39 is 5.97 Å². The number of hydrogen-bond donors (Lipinski definition) is 4. The zero-order valence-electron chi connectivity index (χ0n) is 14.2. The molecule has 0 atom stereocenters. The van der Waals surface area contributed by atoms with E-state index in [0.29, 0.717) is 38.9 Å². The van der Waals surface area contributed by atoms with Crippen molar-refractivity contribution in [3.63, 3.8) is 0 Å². The van der Waals surface area contributed by atoms with Crippen LogP contribution in [0.25, 0.3) is 21.9 Å². The number of fused-ring (bicyclic) bond motifs is 2. The van der Waals surface area contributed by atoms with Crippen molar-refractivity contribution in [3.05, 3.63) is 40.1 Å². The van der Waals surface area contributed by atoms with Crippen molar-refractivity contribution >= 4 is 74.5 Å². The van der Waals surface area contributed by atoms with Crippen LogP contribution >= 0.6 is 0 Å². The SMILES string of the molecule is CNc1cc(NC)c2c(=O)c3cccc(CC(=O)O)c3oc2c1NC.[NaH]. The van der Waals surface area contributed by atoms with Crippen LogP contribution in [0.5, 0.6) is 0 Å². The van der Waals surface area contributed by atoms with Gasteiger partial charge in [0.05, 0.1) is 28.6 Å². The van der Waals surface area contributed by atoms with Crippen molar-refractivity contribution in [2.45, 2.75) is 6.42 Å². The molecule has 0 bridgehead atoms. The van der Waals surface area contributed by atoms with Crippen molar-refractivity contribution in [2.24, 2.45) is 0 Å². The van der Waals surface area contributed by atoms with E-state index in [2.05, 4.69) is 16.0 Å². The molecule has 0 aliphatic carbocycles.